The first kappa shape index (κ1) is 20.9. The lowest BCUT2D eigenvalue weighted by atomic mass is 9.97. The van der Waals surface area contributed by atoms with Crippen molar-refractivity contribution >= 4 is 34.8 Å². The second-order valence-electron chi connectivity index (χ2n) is 7.04. The summed E-state index contributed by atoms with van der Waals surface area (Å²) in [4.78, 5) is 31.0. The number of hydrogen-bond acceptors (Lipinski definition) is 3. The summed E-state index contributed by atoms with van der Waals surface area (Å²) in [5.41, 5.74) is 0.685. The van der Waals surface area contributed by atoms with Crippen molar-refractivity contribution in [2.45, 2.75) is 12.8 Å². The third-order valence-electron chi connectivity index (χ3n) is 4.98. The Kier molecular flexibility index (Phi) is 5.41. The van der Waals surface area contributed by atoms with Gasteiger partial charge in [-0.2, -0.15) is 0 Å². The highest BCUT2D eigenvalue weighted by Crippen LogP contribution is 2.41. The van der Waals surface area contributed by atoms with Gasteiger partial charge in [0.2, 0.25) is 11.8 Å². The molecule has 1 aliphatic rings. The zero-order valence-electron chi connectivity index (χ0n) is 16.1. The number of nitrogens with one attached hydrogen (secondary N) is 1. The highest BCUT2D eigenvalue weighted by molar-refractivity contribution is 6.30. The number of benzene rings is 2. The zero-order chi connectivity index (χ0) is 22.3. The molecule has 2 aromatic carbocycles. The molecule has 1 aliphatic heterocycles. The van der Waals surface area contributed by atoms with Crippen molar-refractivity contribution in [3.05, 3.63) is 76.8 Å². The maximum Gasteiger partial charge on any atom is 0.244 e. The lowest BCUT2D eigenvalue weighted by molar-refractivity contribution is -0.122. The fourth-order valence-electron chi connectivity index (χ4n) is 3.56. The molecule has 1 atom stereocenters. The van der Waals surface area contributed by atoms with E-state index in [0.29, 0.717) is 17.3 Å². The molecule has 2 heterocycles. The fraction of sp³-hybridized carbons (Fsp3) is 0.136. The Morgan fingerprint density at radius 3 is 2.68 bits per heavy atom. The van der Waals surface area contributed by atoms with Gasteiger partial charge in [0.15, 0.2) is 0 Å². The minimum absolute atomic E-state index is 0.0208. The Balaban J connectivity index is 1.75. The van der Waals surface area contributed by atoms with E-state index in [9.17, 15) is 22.8 Å². The summed E-state index contributed by atoms with van der Waals surface area (Å²) >= 11 is 5.64. The van der Waals surface area contributed by atoms with Gasteiger partial charge >= 0.3 is 0 Å². The standard InChI is InChI=1S/C22H15ClF3N3O2/c1-11-21-14(3-2-6-27-21)20-17(26)7-12(24)8-18(20)29(22(11)31)10-19(30)28-13-4-5-15(23)16(25)9-13/h2-9,11H,10H2,1H3,(H,28,30)/t11-/m0/s1. The van der Waals surface area contributed by atoms with Gasteiger partial charge in [-0.05, 0) is 37.3 Å². The molecule has 0 radical (unpaired) electrons. The molecule has 5 nitrogen and oxygen atoms in total. The van der Waals surface area contributed by atoms with Crippen LogP contribution in [-0.2, 0) is 9.59 Å². The first-order chi connectivity index (χ1) is 14.8. The Bertz CT molecular complexity index is 1220. The van der Waals surface area contributed by atoms with Crippen molar-refractivity contribution < 1.29 is 22.8 Å². The van der Waals surface area contributed by atoms with Crippen LogP contribution in [-0.4, -0.2) is 23.3 Å². The van der Waals surface area contributed by atoms with Gasteiger partial charge < -0.3 is 10.2 Å². The number of rotatable bonds is 3. The second kappa shape index (κ2) is 8.03. The number of carbonyl (C=O) groups is 2. The molecule has 0 aliphatic carbocycles. The van der Waals surface area contributed by atoms with Gasteiger partial charge in [-0.3, -0.25) is 14.6 Å². The second-order valence-corrected chi connectivity index (χ2v) is 7.45. The number of fused-ring (bicyclic) bond motifs is 3. The van der Waals surface area contributed by atoms with Gasteiger partial charge in [0.05, 0.1) is 22.3 Å². The fourth-order valence-corrected chi connectivity index (χ4v) is 3.68. The average molecular weight is 446 g/mol. The van der Waals surface area contributed by atoms with E-state index < -0.39 is 41.7 Å². The van der Waals surface area contributed by atoms with Crippen LogP contribution in [0.5, 0.6) is 0 Å². The molecule has 0 bridgehead atoms. The lowest BCUT2D eigenvalue weighted by Gasteiger charge is -2.24. The molecule has 0 spiro atoms. The Labute approximate surface area is 180 Å². The lowest BCUT2D eigenvalue weighted by Crippen LogP contribution is -2.40. The van der Waals surface area contributed by atoms with Crippen LogP contribution >= 0.6 is 11.6 Å². The maximum atomic E-state index is 14.8. The van der Waals surface area contributed by atoms with Crippen molar-refractivity contribution in [3.8, 4) is 11.1 Å². The Hall–Kier alpha value is -3.39. The molecular formula is C22H15ClF3N3O2. The minimum Gasteiger partial charge on any atom is -0.324 e. The van der Waals surface area contributed by atoms with Gasteiger partial charge in [-0.1, -0.05) is 17.7 Å². The van der Waals surface area contributed by atoms with E-state index in [1.165, 1.54) is 18.3 Å². The van der Waals surface area contributed by atoms with Crippen LogP contribution < -0.4 is 10.2 Å². The maximum absolute atomic E-state index is 14.8. The number of aromatic nitrogens is 1. The summed E-state index contributed by atoms with van der Waals surface area (Å²) in [6.07, 6.45) is 1.47. The normalized spacial score (nSPS) is 15.2. The number of pyridine rings is 1. The summed E-state index contributed by atoms with van der Waals surface area (Å²) in [6.45, 7) is 1.03. The van der Waals surface area contributed by atoms with Gasteiger partial charge in [0.25, 0.3) is 0 Å². The van der Waals surface area contributed by atoms with E-state index in [1.807, 2.05) is 0 Å². The molecule has 1 N–H and O–H groups in total. The zero-order valence-corrected chi connectivity index (χ0v) is 16.9. The molecule has 158 valence electrons. The van der Waals surface area contributed by atoms with Crippen molar-refractivity contribution in [2.75, 3.05) is 16.8 Å². The van der Waals surface area contributed by atoms with Gasteiger partial charge in [0, 0.05) is 29.1 Å². The molecule has 0 unspecified atom stereocenters. The summed E-state index contributed by atoms with van der Waals surface area (Å²) < 4.78 is 42.6. The topological polar surface area (TPSA) is 62.3 Å². The molecular weight excluding hydrogens is 431 g/mol. The summed E-state index contributed by atoms with van der Waals surface area (Å²) in [5, 5.41) is 2.35. The third kappa shape index (κ3) is 3.86. The Morgan fingerprint density at radius 2 is 1.94 bits per heavy atom. The average Bonchev–Trinajstić information content (AvgIpc) is 2.80. The molecule has 3 aromatic rings. The Morgan fingerprint density at radius 1 is 1.16 bits per heavy atom. The van der Waals surface area contributed by atoms with Crippen molar-refractivity contribution in [1.82, 2.24) is 4.98 Å². The summed E-state index contributed by atoms with van der Waals surface area (Å²) in [6, 6.07) is 8.58. The molecule has 31 heavy (non-hydrogen) atoms. The largest absolute Gasteiger partial charge is 0.324 e. The van der Waals surface area contributed by atoms with Crippen LogP contribution in [0.25, 0.3) is 11.1 Å². The predicted molar refractivity (Wildman–Crippen MR) is 110 cm³/mol. The van der Waals surface area contributed by atoms with Crippen molar-refractivity contribution in [3.63, 3.8) is 0 Å². The van der Waals surface area contributed by atoms with E-state index in [1.54, 1.807) is 19.1 Å². The molecule has 4 rings (SSSR count). The SMILES string of the molecule is C[C@@H]1C(=O)N(CC(=O)Nc2ccc(Cl)c(F)c2)c2cc(F)cc(F)c2-c2cccnc21. The van der Waals surface area contributed by atoms with E-state index in [4.69, 9.17) is 11.6 Å². The first-order valence-electron chi connectivity index (χ1n) is 9.27. The number of anilines is 2. The number of carbonyl (C=O) groups excluding carboxylic acids is 2. The van der Waals surface area contributed by atoms with Crippen LogP contribution in [0.1, 0.15) is 18.5 Å². The molecule has 0 saturated carbocycles. The van der Waals surface area contributed by atoms with Crippen LogP contribution in [0.4, 0.5) is 24.5 Å². The quantitative estimate of drug-likeness (QED) is 0.623. The van der Waals surface area contributed by atoms with Crippen molar-refractivity contribution in [1.29, 1.82) is 0 Å². The van der Waals surface area contributed by atoms with E-state index in [0.717, 1.165) is 17.0 Å². The molecule has 0 fully saturated rings. The monoisotopic (exact) mass is 445 g/mol. The highest BCUT2D eigenvalue weighted by Gasteiger charge is 2.35. The molecule has 1 aromatic heterocycles. The molecule has 0 saturated heterocycles. The number of hydrogen-bond donors (Lipinski definition) is 1. The van der Waals surface area contributed by atoms with Crippen LogP contribution in [0.2, 0.25) is 5.02 Å². The first-order valence-corrected chi connectivity index (χ1v) is 9.64. The van der Waals surface area contributed by atoms with Gasteiger partial charge in [-0.15, -0.1) is 0 Å². The van der Waals surface area contributed by atoms with E-state index in [-0.39, 0.29) is 22.0 Å². The number of amides is 2. The van der Waals surface area contributed by atoms with E-state index >= 15 is 0 Å². The third-order valence-corrected chi connectivity index (χ3v) is 5.29. The number of nitrogens with zero attached hydrogens (tertiary/aromatic N) is 2. The predicted octanol–water partition coefficient (Wildman–Crippen LogP) is 4.91. The highest BCUT2D eigenvalue weighted by atomic mass is 35.5. The number of halogens is 4. The van der Waals surface area contributed by atoms with E-state index in [2.05, 4.69) is 10.3 Å². The van der Waals surface area contributed by atoms with Crippen LogP contribution in [0.3, 0.4) is 0 Å². The summed E-state index contributed by atoms with van der Waals surface area (Å²) in [5.74, 6) is -4.55. The van der Waals surface area contributed by atoms with Gasteiger partial charge in [-0.25, -0.2) is 13.2 Å². The summed E-state index contributed by atoms with van der Waals surface area (Å²) in [7, 11) is 0. The van der Waals surface area contributed by atoms with Crippen molar-refractivity contribution in [2.24, 2.45) is 0 Å². The smallest absolute Gasteiger partial charge is 0.244 e. The van der Waals surface area contributed by atoms with Crippen LogP contribution in [0, 0.1) is 17.5 Å². The molecule has 9 heteroatoms. The van der Waals surface area contributed by atoms with Gasteiger partial charge in [0.1, 0.15) is 24.0 Å². The van der Waals surface area contributed by atoms with Crippen LogP contribution in [0.15, 0.2) is 48.7 Å². The molecule has 2 amide bonds. The minimum atomic E-state index is -0.894.